The summed E-state index contributed by atoms with van der Waals surface area (Å²) in [6, 6.07) is 9.54. The van der Waals surface area contributed by atoms with E-state index in [1.807, 2.05) is 6.07 Å². The quantitative estimate of drug-likeness (QED) is 0.383. The lowest BCUT2D eigenvalue weighted by molar-refractivity contribution is 0.399. The first kappa shape index (κ1) is 19.3. The number of hydrogen-bond acceptors (Lipinski definition) is 7. The normalized spacial score (nSPS) is 21.3. The first-order valence-electron chi connectivity index (χ1n) is 8.58. The third-order valence-corrected chi connectivity index (χ3v) is 6.59. The van der Waals surface area contributed by atoms with Crippen LogP contribution in [-0.4, -0.2) is 46.8 Å². The van der Waals surface area contributed by atoms with Gasteiger partial charge < -0.3 is 13.7 Å². The lowest BCUT2D eigenvalue weighted by Crippen LogP contribution is -2.14. The van der Waals surface area contributed by atoms with Crippen LogP contribution < -0.4 is 4.18 Å². The van der Waals surface area contributed by atoms with E-state index >= 15 is 0 Å². The van der Waals surface area contributed by atoms with Crippen LogP contribution in [0.25, 0.3) is 0 Å². The molecule has 2 unspecified atom stereocenters. The molecule has 2 aromatic carbocycles. The van der Waals surface area contributed by atoms with Crippen molar-refractivity contribution in [1.82, 2.24) is 0 Å². The lowest BCUT2D eigenvalue weighted by atomic mass is 9.98. The third-order valence-electron chi connectivity index (χ3n) is 4.51. The molecule has 0 bridgehead atoms. The molecule has 0 amide bonds. The largest absolute Gasteiger partial charge is 0.379 e. The van der Waals surface area contributed by atoms with Crippen molar-refractivity contribution in [2.45, 2.75) is 34.8 Å². The van der Waals surface area contributed by atoms with Crippen LogP contribution >= 0.6 is 0 Å². The molecule has 10 heteroatoms. The maximum atomic E-state index is 12.7. The second-order valence-corrected chi connectivity index (χ2v) is 9.67. The smallest absolute Gasteiger partial charge is 0.339 e. The molecule has 2 fully saturated rings. The minimum atomic E-state index is -4.54. The van der Waals surface area contributed by atoms with Gasteiger partial charge in [-0.05, 0) is 29.8 Å². The molecule has 2 atom stereocenters. The Hall–Kier alpha value is -1.98. The van der Waals surface area contributed by atoms with Crippen molar-refractivity contribution in [3.63, 3.8) is 0 Å². The summed E-state index contributed by atoms with van der Waals surface area (Å²) in [6.45, 7) is 1.28. The van der Waals surface area contributed by atoms with Crippen LogP contribution in [0.4, 0.5) is 0 Å². The lowest BCUT2D eigenvalue weighted by Gasteiger charge is -2.15. The van der Waals surface area contributed by atoms with E-state index in [1.165, 1.54) is 12.1 Å². The summed E-state index contributed by atoms with van der Waals surface area (Å²) >= 11 is 0. The van der Waals surface area contributed by atoms with Gasteiger partial charge in [-0.2, -0.15) is 16.8 Å². The standard InChI is InChI=1S/C18H18O8S2/c19-27(20,21)15-4-2-5-16(9-15)28(22,23)26-18-6-1-3-12(7-13-10-24-13)17(18)8-14-11-25-14/h1-6,9,13-14H,7-8,10-11H2,(H,19,20,21). The molecule has 2 aliphatic rings. The van der Waals surface area contributed by atoms with E-state index in [9.17, 15) is 16.8 Å². The first-order valence-corrected chi connectivity index (χ1v) is 11.4. The Kier molecular flexibility index (Phi) is 4.92. The summed E-state index contributed by atoms with van der Waals surface area (Å²) in [5, 5.41) is 0. The summed E-state index contributed by atoms with van der Waals surface area (Å²) in [5.74, 6) is 0.172. The van der Waals surface area contributed by atoms with E-state index in [4.69, 9.17) is 18.2 Å². The Bertz CT molecular complexity index is 1100. The van der Waals surface area contributed by atoms with Crippen molar-refractivity contribution < 1.29 is 35.0 Å². The average Bonchev–Trinajstić information content (AvgIpc) is 3.53. The molecular weight excluding hydrogens is 408 g/mol. The molecule has 0 aromatic heterocycles. The minimum absolute atomic E-state index is 0.0224. The highest BCUT2D eigenvalue weighted by Crippen LogP contribution is 2.32. The number of benzene rings is 2. The van der Waals surface area contributed by atoms with Crippen molar-refractivity contribution in [3.05, 3.63) is 53.6 Å². The predicted octanol–water partition coefficient (Wildman–Crippen LogP) is 1.58. The van der Waals surface area contributed by atoms with Gasteiger partial charge in [0.1, 0.15) is 10.6 Å². The van der Waals surface area contributed by atoms with Gasteiger partial charge in [0, 0.05) is 18.4 Å². The zero-order valence-electron chi connectivity index (χ0n) is 14.6. The van der Waals surface area contributed by atoms with Crippen molar-refractivity contribution >= 4 is 20.2 Å². The van der Waals surface area contributed by atoms with Gasteiger partial charge in [0.25, 0.3) is 10.1 Å². The van der Waals surface area contributed by atoms with Gasteiger partial charge in [-0.25, -0.2) is 0 Å². The molecule has 2 saturated heterocycles. The molecule has 1 N–H and O–H groups in total. The van der Waals surface area contributed by atoms with Gasteiger partial charge in [-0.3, -0.25) is 4.55 Å². The molecule has 0 aliphatic carbocycles. The SMILES string of the molecule is O=S(=O)(O)c1cccc(S(=O)(=O)Oc2cccc(CC3CO3)c2CC2CO2)c1. The van der Waals surface area contributed by atoms with Gasteiger partial charge in [0.2, 0.25) is 0 Å². The summed E-state index contributed by atoms with van der Waals surface area (Å²) in [4.78, 5) is -0.893. The second kappa shape index (κ2) is 7.12. The van der Waals surface area contributed by atoms with Gasteiger partial charge in [-0.15, -0.1) is 0 Å². The molecule has 150 valence electrons. The zero-order valence-corrected chi connectivity index (χ0v) is 16.3. The van der Waals surface area contributed by atoms with E-state index < -0.39 is 25.1 Å². The molecule has 0 radical (unpaired) electrons. The second-order valence-electron chi connectivity index (χ2n) is 6.70. The van der Waals surface area contributed by atoms with Crippen LogP contribution in [0.15, 0.2) is 52.3 Å². The van der Waals surface area contributed by atoms with E-state index in [-0.39, 0.29) is 22.9 Å². The molecular formula is C18H18O8S2. The Balaban J connectivity index is 1.67. The highest BCUT2D eigenvalue weighted by atomic mass is 32.2. The van der Waals surface area contributed by atoms with Crippen LogP contribution in [0.3, 0.4) is 0 Å². The highest BCUT2D eigenvalue weighted by molar-refractivity contribution is 7.87. The molecule has 28 heavy (non-hydrogen) atoms. The number of epoxide rings is 2. The fraction of sp³-hybridized carbons (Fsp3) is 0.333. The molecule has 2 aromatic rings. The van der Waals surface area contributed by atoms with Crippen LogP contribution in [0.1, 0.15) is 11.1 Å². The van der Waals surface area contributed by atoms with Crippen LogP contribution in [0, 0.1) is 0 Å². The molecule has 2 heterocycles. The van der Waals surface area contributed by atoms with Crippen LogP contribution in [-0.2, 0) is 42.6 Å². The van der Waals surface area contributed by atoms with Crippen LogP contribution in [0.2, 0.25) is 0 Å². The monoisotopic (exact) mass is 426 g/mol. The van der Waals surface area contributed by atoms with Gasteiger partial charge in [-0.1, -0.05) is 18.2 Å². The van der Waals surface area contributed by atoms with E-state index in [1.54, 1.807) is 12.1 Å². The third kappa shape index (κ3) is 4.53. The van der Waals surface area contributed by atoms with Gasteiger partial charge in [0.15, 0.2) is 0 Å². The number of rotatable bonds is 8. The fourth-order valence-electron chi connectivity index (χ4n) is 2.91. The average molecular weight is 426 g/mol. The molecule has 4 rings (SSSR count). The first-order chi connectivity index (χ1) is 13.2. The van der Waals surface area contributed by atoms with Gasteiger partial charge >= 0.3 is 10.1 Å². The van der Waals surface area contributed by atoms with Crippen molar-refractivity contribution in [1.29, 1.82) is 0 Å². The Labute approximate surface area is 162 Å². The van der Waals surface area contributed by atoms with E-state index in [0.29, 0.717) is 26.1 Å². The van der Waals surface area contributed by atoms with Crippen molar-refractivity contribution in [2.24, 2.45) is 0 Å². The molecule has 0 spiro atoms. The van der Waals surface area contributed by atoms with Crippen LogP contribution in [0.5, 0.6) is 5.75 Å². The van der Waals surface area contributed by atoms with E-state index in [0.717, 1.165) is 23.3 Å². The summed E-state index contributed by atoms with van der Waals surface area (Å²) in [7, 11) is -8.85. The van der Waals surface area contributed by atoms with Crippen molar-refractivity contribution in [3.8, 4) is 5.75 Å². The Morgan fingerprint density at radius 1 is 0.929 bits per heavy atom. The zero-order chi connectivity index (χ0) is 19.9. The summed E-state index contributed by atoms with van der Waals surface area (Å²) < 4.78 is 73.1. The maximum Gasteiger partial charge on any atom is 0.339 e. The number of hydrogen-bond donors (Lipinski definition) is 1. The highest BCUT2D eigenvalue weighted by Gasteiger charge is 2.30. The molecule has 0 saturated carbocycles. The molecule has 2 aliphatic heterocycles. The maximum absolute atomic E-state index is 12.7. The minimum Gasteiger partial charge on any atom is -0.379 e. The van der Waals surface area contributed by atoms with Crippen molar-refractivity contribution in [2.75, 3.05) is 13.2 Å². The summed E-state index contributed by atoms with van der Waals surface area (Å²) in [5.41, 5.74) is 1.66. The number of ether oxygens (including phenoxy) is 2. The Morgan fingerprint density at radius 2 is 1.54 bits per heavy atom. The predicted molar refractivity (Wildman–Crippen MR) is 97.4 cm³/mol. The van der Waals surface area contributed by atoms with Gasteiger partial charge in [0.05, 0.1) is 30.3 Å². The summed E-state index contributed by atoms with van der Waals surface area (Å²) in [6.07, 6.45) is 1.31. The fourth-order valence-corrected chi connectivity index (χ4v) is 4.52. The Morgan fingerprint density at radius 3 is 2.18 bits per heavy atom. The topological polar surface area (TPSA) is 123 Å². The molecule has 8 nitrogen and oxygen atoms in total. The van der Waals surface area contributed by atoms with E-state index in [2.05, 4.69) is 0 Å².